The molecule has 0 bridgehead atoms. The fourth-order valence-corrected chi connectivity index (χ4v) is 3.43. The standard InChI is InChI=1S/C23H19F3N6O2/c1-12-17(13-6-14-10-31-19(27-2)8-18(14)30-9-13)7-15(11-29-12)32-22(33)16-4-5-28-21(20(16)34-3)23(24,25)26/h4-11H,1-3H3,(H,27,31)(H,32,33). The predicted octanol–water partition coefficient (Wildman–Crippen LogP) is 4.72. The summed E-state index contributed by atoms with van der Waals surface area (Å²) < 4.78 is 44.6. The van der Waals surface area contributed by atoms with Crippen molar-refractivity contribution in [3.63, 3.8) is 0 Å². The van der Waals surface area contributed by atoms with Gasteiger partial charge in [0.1, 0.15) is 5.82 Å². The summed E-state index contributed by atoms with van der Waals surface area (Å²) in [5, 5.41) is 6.35. The van der Waals surface area contributed by atoms with E-state index in [4.69, 9.17) is 4.74 Å². The third kappa shape index (κ3) is 4.45. The van der Waals surface area contributed by atoms with Crippen LogP contribution in [0.2, 0.25) is 0 Å². The maximum absolute atomic E-state index is 13.2. The Kier molecular flexibility index (Phi) is 6.01. The van der Waals surface area contributed by atoms with E-state index < -0.39 is 23.5 Å². The molecule has 0 aliphatic heterocycles. The van der Waals surface area contributed by atoms with Crippen LogP contribution in [0.15, 0.2) is 49.1 Å². The highest BCUT2D eigenvalue weighted by atomic mass is 19.4. The first-order valence-electron chi connectivity index (χ1n) is 10.0. The van der Waals surface area contributed by atoms with E-state index in [2.05, 4.69) is 30.6 Å². The number of methoxy groups -OCH3 is 1. The van der Waals surface area contributed by atoms with Crippen LogP contribution in [0.4, 0.5) is 24.7 Å². The molecule has 0 atom stereocenters. The number of hydrogen-bond donors (Lipinski definition) is 2. The van der Waals surface area contributed by atoms with E-state index >= 15 is 0 Å². The van der Waals surface area contributed by atoms with Crippen molar-refractivity contribution in [3.05, 3.63) is 66.0 Å². The minimum atomic E-state index is -4.77. The highest BCUT2D eigenvalue weighted by Crippen LogP contribution is 2.36. The van der Waals surface area contributed by atoms with Crippen molar-refractivity contribution in [1.29, 1.82) is 0 Å². The topological polar surface area (TPSA) is 102 Å². The number of carbonyl (C=O) groups is 1. The smallest absolute Gasteiger partial charge is 0.437 e. The molecule has 4 rings (SSSR count). The Balaban J connectivity index is 1.67. The van der Waals surface area contributed by atoms with Crippen LogP contribution < -0.4 is 15.4 Å². The highest BCUT2D eigenvalue weighted by molar-refractivity contribution is 6.06. The van der Waals surface area contributed by atoms with Gasteiger partial charge in [-0.3, -0.25) is 14.8 Å². The first kappa shape index (κ1) is 22.9. The molecule has 4 aromatic heterocycles. The van der Waals surface area contributed by atoms with Gasteiger partial charge in [0, 0.05) is 53.9 Å². The molecule has 2 N–H and O–H groups in total. The summed E-state index contributed by atoms with van der Waals surface area (Å²) in [4.78, 5) is 29.2. The maximum Gasteiger partial charge on any atom is 0.437 e. The first-order chi connectivity index (χ1) is 16.2. The van der Waals surface area contributed by atoms with Gasteiger partial charge in [0.25, 0.3) is 5.91 Å². The molecule has 0 fully saturated rings. The van der Waals surface area contributed by atoms with Crippen LogP contribution in [0.25, 0.3) is 22.0 Å². The predicted molar refractivity (Wildman–Crippen MR) is 121 cm³/mol. The van der Waals surface area contributed by atoms with Crippen molar-refractivity contribution in [2.24, 2.45) is 0 Å². The quantitative estimate of drug-likeness (QED) is 0.437. The fraction of sp³-hybridized carbons (Fsp3) is 0.174. The molecule has 1 amide bonds. The van der Waals surface area contributed by atoms with Crippen molar-refractivity contribution in [2.75, 3.05) is 24.8 Å². The summed E-state index contributed by atoms with van der Waals surface area (Å²) >= 11 is 0. The Labute approximate surface area is 192 Å². The second-order valence-corrected chi connectivity index (χ2v) is 7.29. The van der Waals surface area contributed by atoms with Crippen LogP contribution in [0.5, 0.6) is 5.75 Å². The number of halogens is 3. The molecule has 11 heteroatoms. The molecule has 174 valence electrons. The molecule has 0 aromatic carbocycles. The number of fused-ring (bicyclic) bond motifs is 1. The number of aromatic nitrogens is 4. The summed E-state index contributed by atoms with van der Waals surface area (Å²) in [6, 6.07) is 6.55. The largest absolute Gasteiger partial charge is 0.494 e. The lowest BCUT2D eigenvalue weighted by molar-refractivity contribution is -0.142. The number of rotatable bonds is 5. The van der Waals surface area contributed by atoms with E-state index in [0.717, 1.165) is 35.8 Å². The average Bonchev–Trinajstić information content (AvgIpc) is 2.83. The number of anilines is 2. The second kappa shape index (κ2) is 8.93. The van der Waals surface area contributed by atoms with Crippen molar-refractivity contribution in [1.82, 2.24) is 19.9 Å². The van der Waals surface area contributed by atoms with Gasteiger partial charge in [-0.15, -0.1) is 0 Å². The Morgan fingerprint density at radius 3 is 2.53 bits per heavy atom. The normalized spacial score (nSPS) is 11.4. The summed E-state index contributed by atoms with van der Waals surface area (Å²) in [7, 11) is 2.82. The SMILES string of the molecule is CNc1cc2ncc(-c3cc(NC(=O)c4ccnc(C(F)(F)F)c4OC)cnc3C)cc2cn1. The molecule has 0 spiro atoms. The van der Waals surface area contributed by atoms with Gasteiger partial charge >= 0.3 is 6.18 Å². The molecule has 0 aliphatic carbocycles. The van der Waals surface area contributed by atoms with Crippen LogP contribution in [-0.2, 0) is 6.18 Å². The first-order valence-corrected chi connectivity index (χ1v) is 10.0. The summed E-state index contributed by atoms with van der Waals surface area (Å²) in [5.41, 5.74) is 1.59. The monoisotopic (exact) mass is 468 g/mol. The lowest BCUT2D eigenvalue weighted by Crippen LogP contribution is -2.18. The average molecular weight is 468 g/mol. The van der Waals surface area contributed by atoms with Gasteiger partial charge in [-0.2, -0.15) is 13.2 Å². The zero-order valence-corrected chi connectivity index (χ0v) is 18.4. The molecule has 0 radical (unpaired) electrons. The number of nitrogens with zero attached hydrogens (tertiary/aromatic N) is 4. The van der Waals surface area contributed by atoms with E-state index in [1.54, 1.807) is 32.4 Å². The van der Waals surface area contributed by atoms with Crippen molar-refractivity contribution < 1.29 is 22.7 Å². The van der Waals surface area contributed by atoms with Gasteiger partial charge in [0.05, 0.1) is 30.1 Å². The molecular weight excluding hydrogens is 449 g/mol. The third-order valence-corrected chi connectivity index (χ3v) is 5.10. The van der Waals surface area contributed by atoms with E-state index in [-0.39, 0.29) is 5.56 Å². The van der Waals surface area contributed by atoms with Gasteiger partial charge in [-0.1, -0.05) is 0 Å². The maximum atomic E-state index is 13.2. The highest BCUT2D eigenvalue weighted by Gasteiger charge is 2.38. The van der Waals surface area contributed by atoms with Crippen LogP contribution in [0.3, 0.4) is 0 Å². The summed E-state index contributed by atoms with van der Waals surface area (Å²) in [5.74, 6) is -0.753. The fourth-order valence-electron chi connectivity index (χ4n) is 3.43. The minimum absolute atomic E-state index is 0.293. The number of hydrogen-bond acceptors (Lipinski definition) is 7. The molecule has 0 unspecified atom stereocenters. The number of ether oxygens (including phenoxy) is 1. The summed E-state index contributed by atoms with van der Waals surface area (Å²) in [6.07, 6.45) is 0.933. The zero-order chi connectivity index (χ0) is 24.5. The zero-order valence-electron chi connectivity index (χ0n) is 18.4. The lowest BCUT2D eigenvalue weighted by atomic mass is 10.0. The number of aryl methyl sites for hydroxylation is 1. The molecular formula is C23H19F3N6O2. The van der Waals surface area contributed by atoms with E-state index in [9.17, 15) is 18.0 Å². The third-order valence-electron chi connectivity index (χ3n) is 5.10. The molecule has 8 nitrogen and oxygen atoms in total. The number of pyridine rings is 4. The van der Waals surface area contributed by atoms with Crippen LogP contribution >= 0.6 is 0 Å². The van der Waals surface area contributed by atoms with Crippen molar-refractivity contribution in [3.8, 4) is 16.9 Å². The van der Waals surface area contributed by atoms with Gasteiger partial charge in [-0.25, -0.2) is 9.97 Å². The number of amides is 1. The lowest BCUT2D eigenvalue weighted by Gasteiger charge is -2.15. The van der Waals surface area contributed by atoms with Crippen molar-refractivity contribution in [2.45, 2.75) is 13.1 Å². The Morgan fingerprint density at radius 2 is 1.82 bits per heavy atom. The van der Waals surface area contributed by atoms with Crippen LogP contribution in [0, 0.1) is 6.92 Å². The Hall–Kier alpha value is -4.28. The summed E-state index contributed by atoms with van der Waals surface area (Å²) in [6.45, 7) is 1.80. The number of carbonyl (C=O) groups excluding carboxylic acids is 1. The minimum Gasteiger partial charge on any atom is -0.494 e. The molecule has 34 heavy (non-hydrogen) atoms. The van der Waals surface area contributed by atoms with E-state index in [1.165, 1.54) is 6.20 Å². The molecule has 0 saturated heterocycles. The van der Waals surface area contributed by atoms with Crippen LogP contribution in [-0.4, -0.2) is 40.0 Å². The Morgan fingerprint density at radius 1 is 1.03 bits per heavy atom. The van der Waals surface area contributed by atoms with Gasteiger partial charge in [0.15, 0.2) is 11.4 Å². The molecule has 4 heterocycles. The van der Waals surface area contributed by atoms with Gasteiger partial charge in [-0.05, 0) is 25.1 Å². The molecule has 4 aromatic rings. The van der Waals surface area contributed by atoms with E-state index in [1.807, 2.05) is 12.1 Å². The Bertz CT molecular complexity index is 1390. The van der Waals surface area contributed by atoms with Gasteiger partial charge < -0.3 is 15.4 Å². The molecule has 0 aliphatic rings. The van der Waals surface area contributed by atoms with E-state index in [0.29, 0.717) is 22.8 Å². The van der Waals surface area contributed by atoms with Gasteiger partial charge in [0.2, 0.25) is 0 Å². The number of nitrogens with one attached hydrogen (secondary N) is 2. The molecule has 0 saturated carbocycles. The number of alkyl halides is 3. The second-order valence-electron chi connectivity index (χ2n) is 7.29. The van der Waals surface area contributed by atoms with Crippen LogP contribution in [0.1, 0.15) is 21.7 Å². The van der Waals surface area contributed by atoms with Crippen molar-refractivity contribution >= 4 is 28.3 Å².